The molecule has 6 heteroatoms. The van der Waals surface area contributed by atoms with Gasteiger partial charge in [0, 0.05) is 10.6 Å². The number of hydrogen-bond donors (Lipinski definition) is 2. The van der Waals surface area contributed by atoms with Gasteiger partial charge in [0.2, 0.25) is 0 Å². The van der Waals surface area contributed by atoms with E-state index in [-0.39, 0.29) is 12.4 Å². The second-order valence-corrected chi connectivity index (χ2v) is 5.30. The second-order valence-electron chi connectivity index (χ2n) is 4.48. The van der Waals surface area contributed by atoms with Crippen molar-refractivity contribution in [3.63, 3.8) is 0 Å². The zero-order valence-electron chi connectivity index (χ0n) is 11.3. The number of ether oxygens (including phenoxy) is 1. The number of nitrogens with zero attached hydrogens (tertiary/aromatic N) is 1. The number of amidine groups is 1. The van der Waals surface area contributed by atoms with E-state index in [0.29, 0.717) is 21.4 Å². The molecular formula is C15H14Cl2N2O2. The number of benzene rings is 2. The van der Waals surface area contributed by atoms with Crippen LogP contribution in [0.5, 0.6) is 5.75 Å². The largest absolute Gasteiger partial charge is 0.488 e. The average molecular weight is 325 g/mol. The van der Waals surface area contributed by atoms with Gasteiger partial charge in [0.15, 0.2) is 5.84 Å². The van der Waals surface area contributed by atoms with Gasteiger partial charge in [-0.3, -0.25) is 0 Å². The summed E-state index contributed by atoms with van der Waals surface area (Å²) in [7, 11) is 0. The van der Waals surface area contributed by atoms with Crippen LogP contribution in [0.1, 0.15) is 16.7 Å². The van der Waals surface area contributed by atoms with Crippen molar-refractivity contribution in [1.82, 2.24) is 0 Å². The molecule has 0 bridgehead atoms. The third kappa shape index (κ3) is 3.60. The Morgan fingerprint density at radius 2 is 2.00 bits per heavy atom. The van der Waals surface area contributed by atoms with Crippen LogP contribution in [0, 0.1) is 6.92 Å². The highest BCUT2D eigenvalue weighted by Crippen LogP contribution is 2.28. The smallest absolute Gasteiger partial charge is 0.175 e. The highest BCUT2D eigenvalue weighted by Gasteiger charge is 2.13. The highest BCUT2D eigenvalue weighted by atomic mass is 35.5. The van der Waals surface area contributed by atoms with E-state index in [1.165, 1.54) is 0 Å². The lowest BCUT2D eigenvalue weighted by molar-refractivity contribution is 0.303. The van der Waals surface area contributed by atoms with Gasteiger partial charge in [0.05, 0.1) is 10.6 Å². The van der Waals surface area contributed by atoms with E-state index in [0.717, 1.165) is 11.1 Å². The zero-order valence-corrected chi connectivity index (χ0v) is 12.8. The van der Waals surface area contributed by atoms with Crippen molar-refractivity contribution in [2.75, 3.05) is 0 Å². The first kappa shape index (κ1) is 15.5. The number of aryl methyl sites for hydroxylation is 1. The summed E-state index contributed by atoms with van der Waals surface area (Å²) >= 11 is 12.2. The van der Waals surface area contributed by atoms with Crippen LogP contribution < -0.4 is 10.5 Å². The zero-order chi connectivity index (χ0) is 15.4. The molecule has 0 atom stereocenters. The van der Waals surface area contributed by atoms with E-state index >= 15 is 0 Å². The van der Waals surface area contributed by atoms with Crippen LogP contribution in [0.25, 0.3) is 0 Å². The molecule has 0 saturated heterocycles. The summed E-state index contributed by atoms with van der Waals surface area (Å²) < 4.78 is 5.71. The Kier molecular flexibility index (Phi) is 4.94. The average Bonchev–Trinajstić information content (AvgIpc) is 2.45. The van der Waals surface area contributed by atoms with Gasteiger partial charge in [0.25, 0.3) is 0 Å². The van der Waals surface area contributed by atoms with Crippen LogP contribution in [-0.4, -0.2) is 11.0 Å². The summed E-state index contributed by atoms with van der Waals surface area (Å²) in [4.78, 5) is 0. The Hall–Kier alpha value is -1.91. The molecule has 0 radical (unpaired) electrons. The van der Waals surface area contributed by atoms with E-state index in [1.54, 1.807) is 18.2 Å². The lowest BCUT2D eigenvalue weighted by atomic mass is 10.1. The lowest BCUT2D eigenvalue weighted by Crippen LogP contribution is -2.15. The summed E-state index contributed by atoms with van der Waals surface area (Å²) in [5.41, 5.74) is 7.89. The van der Waals surface area contributed by atoms with Gasteiger partial charge in [-0.15, -0.1) is 0 Å². The van der Waals surface area contributed by atoms with Crippen molar-refractivity contribution in [2.45, 2.75) is 13.5 Å². The highest BCUT2D eigenvalue weighted by molar-refractivity contribution is 6.34. The van der Waals surface area contributed by atoms with E-state index in [9.17, 15) is 0 Å². The SMILES string of the molecule is Cc1ccc(COc2cccc(Cl)c2/C(N)=N/O)c(Cl)c1. The van der Waals surface area contributed by atoms with Crippen molar-refractivity contribution < 1.29 is 9.94 Å². The van der Waals surface area contributed by atoms with Gasteiger partial charge >= 0.3 is 0 Å². The number of hydrogen-bond acceptors (Lipinski definition) is 3. The minimum absolute atomic E-state index is 0.106. The molecule has 110 valence electrons. The Balaban J connectivity index is 2.26. The molecule has 0 aromatic heterocycles. The Labute approximate surface area is 132 Å². The third-order valence-corrected chi connectivity index (χ3v) is 3.60. The molecule has 0 unspecified atom stereocenters. The molecule has 2 rings (SSSR count). The molecule has 2 aromatic rings. The summed E-state index contributed by atoms with van der Waals surface area (Å²) in [5, 5.41) is 12.8. The molecular weight excluding hydrogens is 311 g/mol. The van der Waals surface area contributed by atoms with Crippen LogP contribution in [0.2, 0.25) is 10.0 Å². The fraction of sp³-hybridized carbons (Fsp3) is 0.133. The first-order chi connectivity index (χ1) is 10.0. The maximum Gasteiger partial charge on any atom is 0.175 e. The minimum atomic E-state index is -0.106. The molecule has 0 amide bonds. The van der Waals surface area contributed by atoms with Gasteiger partial charge in [-0.05, 0) is 30.7 Å². The van der Waals surface area contributed by atoms with E-state index in [1.807, 2.05) is 25.1 Å². The lowest BCUT2D eigenvalue weighted by Gasteiger charge is -2.13. The van der Waals surface area contributed by atoms with Gasteiger partial charge in [-0.25, -0.2) is 0 Å². The molecule has 21 heavy (non-hydrogen) atoms. The molecule has 0 heterocycles. The fourth-order valence-electron chi connectivity index (χ4n) is 1.85. The molecule has 4 nitrogen and oxygen atoms in total. The third-order valence-electron chi connectivity index (χ3n) is 2.93. The van der Waals surface area contributed by atoms with Crippen LogP contribution in [0.3, 0.4) is 0 Å². The Bertz CT molecular complexity index is 687. The first-order valence-electron chi connectivity index (χ1n) is 6.17. The number of oxime groups is 1. The van der Waals surface area contributed by atoms with Gasteiger partial charge < -0.3 is 15.7 Å². The predicted molar refractivity (Wildman–Crippen MR) is 84.5 cm³/mol. The Morgan fingerprint density at radius 1 is 1.24 bits per heavy atom. The van der Waals surface area contributed by atoms with Crippen molar-refractivity contribution in [3.05, 3.63) is 63.1 Å². The fourth-order valence-corrected chi connectivity index (χ4v) is 2.40. The molecule has 3 N–H and O–H groups in total. The molecule has 0 spiro atoms. The van der Waals surface area contributed by atoms with Crippen LogP contribution in [0.15, 0.2) is 41.6 Å². The van der Waals surface area contributed by atoms with E-state index < -0.39 is 0 Å². The van der Waals surface area contributed by atoms with Gasteiger partial charge in [-0.1, -0.05) is 46.6 Å². The number of halogens is 2. The number of rotatable bonds is 4. The molecule has 0 saturated carbocycles. The normalized spacial score (nSPS) is 11.5. The van der Waals surface area contributed by atoms with E-state index in [4.69, 9.17) is 38.9 Å². The van der Waals surface area contributed by atoms with E-state index in [2.05, 4.69) is 5.16 Å². The maximum absolute atomic E-state index is 8.82. The minimum Gasteiger partial charge on any atom is -0.488 e. The summed E-state index contributed by atoms with van der Waals surface area (Å²) in [5.74, 6) is 0.319. The van der Waals surface area contributed by atoms with Crippen LogP contribution in [0.4, 0.5) is 0 Å². The second kappa shape index (κ2) is 6.70. The van der Waals surface area contributed by atoms with Crippen molar-refractivity contribution in [1.29, 1.82) is 0 Å². The van der Waals surface area contributed by atoms with Crippen LogP contribution in [-0.2, 0) is 6.61 Å². The Morgan fingerprint density at radius 3 is 2.67 bits per heavy atom. The van der Waals surface area contributed by atoms with Gasteiger partial charge in [-0.2, -0.15) is 0 Å². The molecule has 0 fully saturated rings. The predicted octanol–water partition coefficient (Wildman–Crippen LogP) is 3.98. The molecule has 0 aliphatic heterocycles. The first-order valence-corrected chi connectivity index (χ1v) is 6.92. The summed E-state index contributed by atoms with van der Waals surface area (Å²) in [6.07, 6.45) is 0. The molecule has 0 aliphatic carbocycles. The van der Waals surface area contributed by atoms with Gasteiger partial charge in [0.1, 0.15) is 12.4 Å². The standard InChI is InChI=1S/C15H14Cl2N2O2/c1-9-5-6-10(12(17)7-9)8-21-13-4-2-3-11(16)14(13)15(18)19-20/h2-7,20H,8H2,1H3,(H2,18,19). The summed E-state index contributed by atoms with van der Waals surface area (Å²) in [6, 6.07) is 10.8. The summed E-state index contributed by atoms with van der Waals surface area (Å²) in [6.45, 7) is 2.22. The molecule has 0 aliphatic rings. The van der Waals surface area contributed by atoms with Crippen molar-refractivity contribution in [3.8, 4) is 5.75 Å². The van der Waals surface area contributed by atoms with Crippen LogP contribution >= 0.6 is 23.2 Å². The molecule has 2 aromatic carbocycles. The van der Waals surface area contributed by atoms with Crippen molar-refractivity contribution >= 4 is 29.0 Å². The number of nitrogens with two attached hydrogens (primary N) is 1. The topological polar surface area (TPSA) is 67.8 Å². The monoisotopic (exact) mass is 324 g/mol. The quantitative estimate of drug-likeness (QED) is 0.387. The van der Waals surface area contributed by atoms with Crippen molar-refractivity contribution in [2.24, 2.45) is 10.9 Å². The maximum atomic E-state index is 8.82.